The minimum atomic E-state index is 1.29. The van der Waals surface area contributed by atoms with Gasteiger partial charge in [0.1, 0.15) is 0 Å². The van der Waals surface area contributed by atoms with Crippen LogP contribution >= 0.6 is 22.6 Å². The topological polar surface area (TPSA) is 0 Å². The molecule has 28 valence electrons. The van der Waals surface area contributed by atoms with Gasteiger partial charge in [0.15, 0.2) is 0 Å². The molecule has 0 saturated heterocycles. The van der Waals surface area contributed by atoms with E-state index in [1.54, 1.807) is 9.15 Å². The molecule has 0 saturated carbocycles. The van der Waals surface area contributed by atoms with Gasteiger partial charge in [-0.05, 0) is 39.5 Å². The molecule has 1 aliphatic rings. The van der Waals surface area contributed by atoms with Gasteiger partial charge < -0.3 is 0 Å². The van der Waals surface area contributed by atoms with Gasteiger partial charge in [0, 0.05) is 0 Å². The quantitative estimate of drug-likeness (QED) is 0.500. The number of allylic oxidation sites excluding steroid dienone is 2. The van der Waals surface area contributed by atoms with Crippen molar-refractivity contribution in [3.8, 4) is 0 Å². The number of hydrogen-bond acceptors (Lipinski definition) is 0. The summed E-state index contributed by atoms with van der Waals surface area (Å²) in [4.78, 5) is 0. The molecule has 0 atom stereocenters. The van der Waals surface area contributed by atoms with Crippen LogP contribution in [0.25, 0.3) is 0 Å². The highest BCUT2D eigenvalue weighted by Gasteiger charge is 2.10. The van der Waals surface area contributed by atoms with E-state index in [9.17, 15) is 0 Å². The van der Waals surface area contributed by atoms with Crippen LogP contribution in [0, 0.1) is 0 Å². The first kappa shape index (κ1) is 3.65. The molecule has 0 N–H and O–H groups in total. The van der Waals surface area contributed by atoms with Crippen molar-refractivity contribution in [2.24, 2.45) is 0 Å². The van der Waals surface area contributed by atoms with Crippen LogP contribution in [-0.4, -0.2) is 0 Å². The summed E-state index contributed by atoms with van der Waals surface area (Å²) in [7, 11) is 0. The van der Waals surface area contributed by atoms with Crippen molar-refractivity contribution < 1.29 is 0 Å². The number of hydrogen-bond donors (Lipinski definition) is 0. The highest BCUT2D eigenvalue weighted by molar-refractivity contribution is 14.1. The highest BCUT2D eigenvalue weighted by Crippen LogP contribution is 2.35. The fourth-order valence-corrected chi connectivity index (χ4v) is 0.761. The summed E-state index contributed by atoms with van der Waals surface area (Å²) in [5.74, 6) is 0. The first-order valence-corrected chi connectivity index (χ1v) is 2.72. The standard InChI is InChI=1S/C4H5I/c1-3-2-4(3)5/h2H2,1H3. The van der Waals surface area contributed by atoms with E-state index in [1.807, 2.05) is 0 Å². The predicted molar refractivity (Wildman–Crippen MR) is 31.3 cm³/mol. The second kappa shape index (κ2) is 0.965. The normalized spacial score (nSPS) is 20.4. The zero-order valence-electron chi connectivity index (χ0n) is 3.09. The molecular weight excluding hydrogens is 175 g/mol. The third-order valence-electron chi connectivity index (χ3n) is 0.758. The first-order chi connectivity index (χ1) is 2.30. The Kier molecular flexibility index (Phi) is 0.705. The number of rotatable bonds is 0. The molecule has 5 heavy (non-hydrogen) atoms. The van der Waals surface area contributed by atoms with Gasteiger partial charge >= 0.3 is 0 Å². The molecule has 1 heteroatoms. The summed E-state index contributed by atoms with van der Waals surface area (Å²) in [6.45, 7) is 2.17. The molecule has 0 aliphatic heterocycles. The highest BCUT2D eigenvalue weighted by atomic mass is 127. The fraction of sp³-hybridized carbons (Fsp3) is 0.500. The average Bonchev–Trinajstić information content (AvgIpc) is 1.79. The summed E-state index contributed by atoms with van der Waals surface area (Å²) < 4.78 is 1.56. The molecule has 0 radical (unpaired) electrons. The van der Waals surface area contributed by atoms with Crippen molar-refractivity contribution in [3.05, 3.63) is 9.15 Å². The van der Waals surface area contributed by atoms with E-state index in [1.165, 1.54) is 6.42 Å². The lowest BCUT2D eigenvalue weighted by Crippen LogP contribution is -1.26. The molecule has 0 aromatic rings. The largest absolute Gasteiger partial charge is 0.0589 e. The summed E-state index contributed by atoms with van der Waals surface area (Å²) in [5, 5.41) is 0. The van der Waals surface area contributed by atoms with Crippen LogP contribution < -0.4 is 0 Å². The maximum atomic E-state index is 2.36. The van der Waals surface area contributed by atoms with Crippen LogP contribution in [0.1, 0.15) is 13.3 Å². The minimum absolute atomic E-state index is 1.29. The van der Waals surface area contributed by atoms with E-state index in [0.29, 0.717) is 0 Å². The van der Waals surface area contributed by atoms with Gasteiger partial charge in [0.05, 0.1) is 0 Å². The van der Waals surface area contributed by atoms with Gasteiger partial charge in [0.25, 0.3) is 0 Å². The van der Waals surface area contributed by atoms with Crippen LogP contribution in [0.15, 0.2) is 9.15 Å². The Hall–Kier alpha value is 0.470. The van der Waals surface area contributed by atoms with Crippen LogP contribution in [0.3, 0.4) is 0 Å². The third-order valence-corrected chi connectivity index (χ3v) is 2.06. The molecule has 0 heterocycles. The van der Waals surface area contributed by atoms with Gasteiger partial charge in [-0.25, -0.2) is 0 Å². The smallest absolute Gasteiger partial charge is 0.000163 e. The molecular formula is C4H5I. The van der Waals surface area contributed by atoms with Gasteiger partial charge in [-0.3, -0.25) is 0 Å². The Labute approximate surface area is 45.4 Å². The van der Waals surface area contributed by atoms with Crippen molar-refractivity contribution in [1.29, 1.82) is 0 Å². The Balaban J connectivity index is 2.59. The molecule has 1 aliphatic carbocycles. The van der Waals surface area contributed by atoms with Crippen molar-refractivity contribution in [2.45, 2.75) is 13.3 Å². The molecule has 0 aromatic heterocycles. The minimum Gasteiger partial charge on any atom is -0.0589 e. The zero-order chi connectivity index (χ0) is 3.86. The van der Waals surface area contributed by atoms with Crippen molar-refractivity contribution >= 4 is 22.6 Å². The van der Waals surface area contributed by atoms with Gasteiger partial charge in [0.2, 0.25) is 0 Å². The van der Waals surface area contributed by atoms with E-state index in [0.717, 1.165) is 0 Å². The second-order valence-electron chi connectivity index (χ2n) is 1.36. The maximum absolute atomic E-state index is 2.36. The third kappa shape index (κ3) is 0.651. The van der Waals surface area contributed by atoms with Gasteiger partial charge in [-0.1, -0.05) is 5.57 Å². The average molecular weight is 180 g/mol. The monoisotopic (exact) mass is 180 g/mol. The summed E-state index contributed by atoms with van der Waals surface area (Å²) >= 11 is 2.36. The van der Waals surface area contributed by atoms with E-state index < -0.39 is 0 Å². The van der Waals surface area contributed by atoms with Gasteiger partial charge in [-0.2, -0.15) is 0 Å². The predicted octanol–water partition coefficient (Wildman–Crippen LogP) is 2.10. The van der Waals surface area contributed by atoms with Gasteiger partial charge in [-0.15, -0.1) is 0 Å². The molecule has 0 amide bonds. The van der Waals surface area contributed by atoms with E-state index >= 15 is 0 Å². The maximum Gasteiger partial charge on any atom is -0.000163 e. The molecule has 0 fully saturated rings. The summed E-state index contributed by atoms with van der Waals surface area (Å²) in [6.07, 6.45) is 1.29. The first-order valence-electron chi connectivity index (χ1n) is 1.65. The fourth-order valence-electron chi connectivity index (χ4n) is 0.189. The second-order valence-corrected chi connectivity index (χ2v) is 2.66. The summed E-state index contributed by atoms with van der Waals surface area (Å²) in [5.41, 5.74) is 1.57. The molecule has 0 bridgehead atoms. The van der Waals surface area contributed by atoms with E-state index in [-0.39, 0.29) is 0 Å². The Morgan fingerprint density at radius 1 is 1.80 bits per heavy atom. The van der Waals surface area contributed by atoms with Crippen molar-refractivity contribution in [1.82, 2.24) is 0 Å². The molecule has 0 spiro atoms. The SMILES string of the molecule is CC1=C(I)C1. The van der Waals surface area contributed by atoms with Crippen LogP contribution in [0.5, 0.6) is 0 Å². The Morgan fingerprint density at radius 2 is 2.00 bits per heavy atom. The van der Waals surface area contributed by atoms with Crippen molar-refractivity contribution in [3.63, 3.8) is 0 Å². The molecule has 0 nitrogen and oxygen atoms in total. The van der Waals surface area contributed by atoms with Crippen LogP contribution in [0.4, 0.5) is 0 Å². The Morgan fingerprint density at radius 3 is 2.00 bits per heavy atom. The lowest BCUT2D eigenvalue weighted by molar-refractivity contribution is 1.48. The van der Waals surface area contributed by atoms with Crippen LogP contribution in [-0.2, 0) is 0 Å². The van der Waals surface area contributed by atoms with E-state index in [4.69, 9.17) is 0 Å². The van der Waals surface area contributed by atoms with Crippen molar-refractivity contribution in [2.75, 3.05) is 0 Å². The Bertz CT molecular complexity index is 71.6. The zero-order valence-corrected chi connectivity index (χ0v) is 5.24. The summed E-state index contributed by atoms with van der Waals surface area (Å²) in [6, 6.07) is 0. The lowest BCUT2D eigenvalue weighted by Gasteiger charge is -1.46. The lowest BCUT2D eigenvalue weighted by atomic mass is 10.6. The van der Waals surface area contributed by atoms with Crippen LogP contribution in [0.2, 0.25) is 0 Å². The number of halogens is 1. The molecule has 0 unspecified atom stereocenters. The molecule has 0 aromatic carbocycles. The molecule has 1 rings (SSSR count). The van der Waals surface area contributed by atoms with E-state index in [2.05, 4.69) is 29.5 Å².